The van der Waals surface area contributed by atoms with Crippen molar-refractivity contribution in [1.82, 2.24) is 4.98 Å². The van der Waals surface area contributed by atoms with Gasteiger partial charge in [-0.3, -0.25) is 9.79 Å². The molecule has 1 aromatic heterocycles. The molecule has 0 saturated heterocycles. The van der Waals surface area contributed by atoms with Gasteiger partial charge in [0.1, 0.15) is 5.69 Å². The fourth-order valence-corrected chi connectivity index (χ4v) is 1.36. The molecule has 0 aliphatic carbocycles. The summed E-state index contributed by atoms with van der Waals surface area (Å²) in [7, 11) is 0. The maximum atomic E-state index is 11.2. The molecule has 4 heteroatoms. The average molecular weight is 197 g/mol. The molecule has 0 bridgehead atoms. The smallest absolute Gasteiger partial charge is 0.162 e. The molecule has 0 radical (unpaired) electrons. The second-order valence-electron chi connectivity index (χ2n) is 2.67. The Morgan fingerprint density at radius 2 is 2.31 bits per heavy atom. The van der Waals surface area contributed by atoms with Gasteiger partial charge in [0.2, 0.25) is 0 Å². The zero-order chi connectivity index (χ0) is 10.0. The van der Waals surface area contributed by atoms with Gasteiger partial charge in [-0.05, 0) is 26.1 Å². The molecule has 0 amide bonds. The van der Waals surface area contributed by atoms with E-state index in [2.05, 4.69) is 16.7 Å². The molecule has 68 valence electrons. The second-order valence-corrected chi connectivity index (χ2v) is 3.03. The lowest BCUT2D eigenvalue weighted by Gasteiger charge is -2.05. The first-order valence-electron chi connectivity index (χ1n) is 3.70. The molecule has 0 spiro atoms. The molecule has 0 aliphatic rings. The van der Waals surface area contributed by atoms with E-state index in [-0.39, 0.29) is 10.9 Å². The third-order valence-electron chi connectivity index (χ3n) is 1.71. The van der Waals surface area contributed by atoms with E-state index in [4.69, 9.17) is 11.6 Å². The van der Waals surface area contributed by atoms with Gasteiger partial charge in [0, 0.05) is 6.20 Å². The molecule has 1 heterocycles. The number of hydrogen-bond donors (Lipinski definition) is 0. The number of carbonyl (C=O) groups is 1. The molecule has 3 nitrogen and oxygen atoms in total. The summed E-state index contributed by atoms with van der Waals surface area (Å²) < 4.78 is 0. The Bertz CT molecular complexity index is 374. The van der Waals surface area contributed by atoms with E-state index in [1.165, 1.54) is 6.92 Å². The second kappa shape index (κ2) is 3.66. The third kappa shape index (κ3) is 1.75. The number of halogens is 1. The van der Waals surface area contributed by atoms with Gasteiger partial charge >= 0.3 is 0 Å². The predicted octanol–water partition coefficient (Wildman–Crippen LogP) is 2.58. The Morgan fingerprint density at radius 1 is 1.69 bits per heavy atom. The summed E-state index contributed by atoms with van der Waals surface area (Å²) in [5.74, 6) is -0.0794. The minimum absolute atomic E-state index is 0.0794. The van der Waals surface area contributed by atoms with Crippen molar-refractivity contribution < 1.29 is 4.79 Å². The molecular formula is C9H9ClN2O. The number of Topliss-reactive ketones (excluding diaryl/α,β-unsaturated/α-hetero) is 1. The summed E-state index contributed by atoms with van der Waals surface area (Å²) in [6.45, 7) is 6.60. The van der Waals surface area contributed by atoms with Crippen molar-refractivity contribution in [2.75, 3.05) is 0 Å². The molecule has 1 rings (SSSR count). The Balaban J connectivity index is 3.52. The minimum Gasteiger partial charge on any atom is -0.294 e. The maximum absolute atomic E-state index is 11.2. The van der Waals surface area contributed by atoms with E-state index in [0.717, 1.165) is 5.56 Å². The van der Waals surface area contributed by atoms with Crippen molar-refractivity contribution >= 4 is 29.8 Å². The molecule has 0 atom stereocenters. The van der Waals surface area contributed by atoms with Crippen LogP contribution in [0.3, 0.4) is 0 Å². The van der Waals surface area contributed by atoms with E-state index < -0.39 is 0 Å². The van der Waals surface area contributed by atoms with Gasteiger partial charge in [-0.25, -0.2) is 4.98 Å². The van der Waals surface area contributed by atoms with Gasteiger partial charge in [0.25, 0.3) is 0 Å². The van der Waals surface area contributed by atoms with Crippen LogP contribution in [0.5, 0.6) is 0 Å². The van der Waals surface area contributed by atoms with Gasteiger partial charge in [-0.1, -0.05) is 11.6 Å². The zero-order valence-corrected chi connectivity index (χ0v) is 8.22. The van der Waals surface area contributed by atoms with Crippen molar-refractivity contribution in [3.63, 3.8) is 0 Å². The van der Waals surface area contributed by atoms with Crippen molar-refractivity contribution in [3.8, 4) is 0 Å². The number of ketones is 1. The van der Waals surface area contributed by atoms with Crippen LogP contribution in [0.1, 0.15) is 22.8 Å². The topological polar surface area (TPSA) is 42.3 Å². The van der Waals surface area contributed by atoms with Crippen LogP contribution in [0.2, 0.25) is 5.15 Å². The number of aryl methyl sites for hydroxylation is 1. The van der Waals surface area contributed by atoms with Crippen LogP contribution in [0.15, 0.2) is 11.2 Å². The van der Waals surface area contributed by atoms with E-state index >= 15 is 0 Å². The standard InChI is InChI=1S/C9H9ClN2O/c1-5-4-12-9(10)8(11-3)7(5)6(2)13/h4H,3H2,1-2H3. The maximum Gasteiger partial charge on any atom is 0.162 e. The van der Waals surface area contributed by atoms with Crippen LogP contribution in [0.25, 0.3) is 0 Å². The van der Waals surface area contributed by atoms with Crippen molar-refractivity contribution in [1.29, 1.82) is 0 Å². The summed E-state index contributed by atoms with van der Waals surface area (Å²) in [6, 6.07) is 0. The SMILES string of the molecule is C=Nc1c(Cl)ncc(C)c1C(C)=O. The van der Waals surface area contributed by atoms with Gasteiger partial charge in [0.15, 0.2) is 10.9 Å². The highest BCUT2D eigenvalue weighted by Gasteiger charge is 2.13. The lowest BCUT2D eigenvalue weighted by molar-refractivity contribution is 0.101. The molecule has 0 saturated carbocycles. The van der Waals surface area contributed by atoms with Crippen LogP contribution >= 0.6 is 11.6 Å². The van der Waals surface area contributed by atoms with E-state index in [9.17, 15) is 4.79 Å². The van der Waals surface area contributed by atoms with Crippen molar-refractivity contribution in [2.24, 2.45) is 4.99 Å². The lowest BCUT2D eigenvalue weighted by Crippen LogP contribution is -1.98. The highest BCUT2D eigenvalue weighted by molar-refractivity contribution is 6.32. The number of nitrogens with zero attached hydrogens (tertiary/aromatic N) is 2. The van der Waals surface area contributed by atoms with Crippen molar-refractivity contribution in [2.45, 2.75) is 13.8 Å². The van der Waals surface area contributed by atoms with Gasteiger partial charge < -0.3 is 0 Å². The van der Waals surface area contributed by atoms with E-state index in [0.29, 0.717) is 11.3 Å². The molecule has 13 heavy (non-hydrogen) atoms. The highest BCUT2D eigenvalue weighted by atomic mass is 35.5. The first-order valence-corrected chi connectivity index (χ1v) is 4.08. The third-order valence-corrected chi connectivity index (χ3v) is 1.98. The Morgan fingerprint density at radius 3 is 2.69 bits per heavy atom. The fourth-order valence-electron chi connectivity index (χ4n) is 1.16. The molecule has 0 fully saturated rings. The summed E-state index contributed by atoms with van der Waals surface area (Å²) in [5.41, 5.74) is 1.63. The van der Waals surface area contributed by atoms with Crippen LogP contribution in [0, 0.1) is 6.92 Å². The predicted molar refractivity (Wildman–Crippen MR) is 53.2 cm³/mol. The van der Waals surface area contributed by atoms with E-state index in [1.54, 1.807) is 13.1 Å². The normalized spacial score (nSPS) is 9.77. The number of hydrogen-bond acceptors (Lipinski definition) is 3. The fraction of sp³-hybridized carbons (Fsp3) is 0.222. The summed E-state index contributed by atoms with van der Waals surface area (Å²) in [4.78, 5) is 18.8. The van der Waals surface area contributed by atoms with Crippen LogP contribution in [-0.4, -0.2) is 17.5 Å². The lowest BCUT2D eigenvalue weighted by atomic mass is 10.1. The number of pyridine rings is 1. The number of rotatable bonds is 2. The summed E-state index contributed by atoms with van der Waals surface area (Å²) in [6.07, 6.45) is 1.55. The molecular weight excluding hydrogens is 188 g/mol. The van der Waals surface area contributed by atoms with Gasteiger partial charge in [-0.15, -0.1) is 0 Å². The first kappa shape index (κ1) is 9.86. The monoisotopic (exact) mass is 196 g/mol. The van der Waals surface area contributed by atoms with Crippen LogP contribution in [0.4, 0.5) is 5.69 Å². The van der Waals surface area contributed by atoms with Gasteiger partial charge in [-0.2, -0.15) is 0 Å². The molecule has 1 aromatic rings. The quantitative estimate of drug-likeness (QED) is 0.415. The Kier molecular flexibility index (Phi) is 2.78. The van der Waals surface area contributed by atoms with Crippen LogP contribution < -0.4 is 0 Å². The largest absolute Gasteiger partial charge is 0.294 e. The first-order chi connectivity index (χ1) is 6.07. The van der Waals surface area contributed by atoms with Gasteiger partial charge in [0.05, 0.1) is 5.56 Å². The van der Waals surface area contributed by atoms with Crippen LogP contribution in [-0.2, 0) is 0 Å². The Labute approximate surface area is 81.5 Å². The molecule has 0 aliphatic heterocycles. The molecule has 0 aromatic carbocycles. The number of carbonyl (C=O) groups excluding carboxylic acids is 1. The van der Waals surface area contributed by atoms with E-state index in [1.807, 2.05) is 0 Å². The minimum atomic E-state index is -0.0794. The van der Waals surface area contributed by atoms with Crippen molar-refractivity contribution in [3.05, 3.63) is 22.5 Å². The number of aromatic nitrogens is 1. The zero-order valence-electron chi connectivity index (χ0n) is 7.47. The Hall–Kier alpha value is -1.22. The molecule has 0 N–H and O–H groups in total. The number of aliphatic imine (C=N–C) groups is 1. The summed E-state index contributed by atoms with van der Waals surface area (Å²) in [5, 5.41) is 0.214. The highest BCUT2D eigenvalue weighted by Crippen LogP contribution is 2.28. The summed E-state index contributed by atoms with van der Waals surface area (Å²) >= 11 is 5.75. The average Bonchev–Trinajstić information content (AvgIpc) is 2.07. The molecule has 0 unspecified atom stereocenters.